The van der Waals surface area contributed by atoms with E-state index in [1.54, 1.807) is 0 Å². The minimum atomic E-state index is -0.0290. The van der Waals surface area contributed by atoms with Crippen molar-refractivity contribution in [2.24, 2.45) is 0 Å². The van der Waals surface area contributed by atoms with Crippen LogP contribution in [0.25, 0.3) is 54.1 Å². The summed E-state index contributed by atoms with van der Waals surface area (Å²) in [5.41, 5.74) is 16.9. The molecule has 0 unspecified atom stereocenters. The lowest BCUT2D eigenvalue weighted by Gasteiger charge is -2.28. The number of nitrogens with zero attached hydrogens (tertiary/aromatic N) is 1. The highest BCUT2D eigenvalue weighted by atomic mass is 32.1. The van der Waals surface area contributed by atoms with Crippen LogP contribution in [0.2, 0.25) is 0 Å². The molecule has 0 spiro atoms. The summed E-state index contributed by atoms with van der Waals surface area (Å²) in [7, 11) is 0. The van der Waals surface area contributed by atoms with Gasteiger partial charge in [-0.05, 0) is 117 Å². The number of allylic oxidation sites excluding steroid dienone is 1. The van der Waals surface area contributed by atoms with E-state index in [1.165, 1.54) is 75.8 Å². The zero-order valence-corrected chi connectivity index (χ0v) is 29.7. The van der Waals surface area contributed by atoms with Crippen LogP contribution < -0.4 is 4.90 Å². The molecule has 0 saturated carbocycles. The predicted molar refractivity (Wildman–Crippen MR) is 220 cm³/mol. The largest absolute Gasteiger partial charge is 0.310 e. The van der Waals surface area contributed by atoms with Gasteiger partial charge in [-0.15, -0.1) is 11.3 Å². The second-order valence-corrected chi connectivity index (χ2v) is 15.6. The third kappa shape index (κ3) is 4.89. The second kappa shape index (κ2) is 11.7. The minimum Gasteiger partial charge on any atom is -0.310 e. The quantitative estimate of drug-likeness (QED) is 0.176. The van der Waals surface area contributed by atoms with Crippen molar-refractivity contribution in [3.8, 4) is 22.3 Å². The van der Waals surface area contributed by atoms with Crippen molar-refractivity contribution in [3.63, 3.8) is 0 Å². The maximum Gasteiger partial charge on any atom is 0.0468 e. The summed E-state index contributed by atoms with van der Waals surface area (Å²) in [5, 5.41) is 2.85. The van der Waals surface area contributed by atoms with Gasteiger partial charge < -0.3 is 4.90 Å². The molecule has 0 amide bonds. The topological polar surface area (TPSA) is 3.24 Å². The molecule has 0 bridgehead atoms. The Labute approximate surface area is 303 Å². The molecule has 0 N–H and O–H groups in total. The molecule has 1 nitrogen and oxygen atoms in total. The zero-order valence-electron chi connectivity index (χ0n) is 28.9. The summed E-state index contributed by atoms with van der Waals surface area (Å²) in [4.78, 5) is 2.42. The van der Waals surface area contributed by atoms with Crippen LogP contribution in [0.5, 0.6) is 0 Å². The summed E-state index contributed by atoms with van der Waals surface area (Å²) >= 11 is 1.91. The number of benzene rings is 7. The lowest BCUT2D eigenvalue weighted by atomic mass is 9.82. The van der Waals surface area contributed by atoms with Gasteiger partial charge in [0.05, 0.1) is 0 Å². The molecule has 8 aromatic rings. The number of fused-ring (bicyclic) bond motifs is 8. The molecule has 51 heavy (non-hydrogen) atoms. The zero-order chi connectivity index (χ0) is 34.1. The first kappa shape index (κ1) is 30.2. The Morgan fingerprint density at radius 3 is 2.12 bits per heavy atom. The number of hydrogen-bond donors (Lipinski definition) is 0. The molecule has 1 aromatic heterocycles. The maximum atomic E-state index is 2.43. The van der Waals surface area contributed by atoms with E-state index in [9.17, 15) is 0 Å². The van der Waals surface area contributed by atoms with Gasteiger partial charge in [-0.1, -0.05) is 129 Å². The van der Waals surface area contributed by atoms with Gasteiger partial charge in [-0.3, -0.25) is 0 Å². The number of thiophene rings is 1. The molecule has 0 radical (unpaired) electrons. The average molecular weight is 672 g/mol. The fourth-order valence-corrected chi connectivity index (χ4v) is 9.76. The van der Waals surface area contributed by atoms with Gasteiger partial charge in [-0.2, -0.15) is 0 Å². The summed E-state index contributed by atoms with van der Waals surface area (Å²) < 4.78 is 2.77. The van der Waals surface area contributed by atoms with Gasteiger partial charge in [0.25, 0.3) is 0 Å². The Bertz CT molecular complexity index is 2660. The molecule has 10 rings (SSSR count). The van der Waals surface area contributed by atoms with E-state index in [1.807, 2.05) is 11.3 Å². The molecule has 2 aliphatic carbocycles. The molecular weight excluding hydrogens is 635 g/mol. The standard InChI is InChI=1S/C49H37NS/c1-49(2)44-17-8-6-15-41(44)43-31-39(25-27-45(43)49)50(38-14-10-13-34(30-38)32-11-4-3-5-12-32)37-23-19-33(20-24-37)35-21-26-40-36(29-35)22-28-47-48(40)42-16-7-9-18-46(42)51-47/h3-20,22-25,27-31H,21,26H2,1-2H3. The summed E-state index contributed by atoms with van der Waals surface area (Å²) in [6.07, 6.45) is 4.53. The molecule has 1 heterocycles. The Hall–Kier alpha value is -5.70. The van der Waals surface area contributed by atoms with E-state index in [0.29, 0.717) is 0 Å². The highest BCUT2D eigenvalue weighted by molar-refractivity contribution is 7.25. The Morgan fingerprint density at radius 1 is 0.510 bits per heavy atom. The molecule has 2 heteroatoms. The van der Waals surface area contributed by atoms with Crippen LogP contribution in [-0.2, 0) is 11.8 Å². The fraction of sp³-hybridized carbons (Fsp3) is 0.102. The molecule has 0 aliphatic heterocycles. The lowest BCUT2D eigenvalue weighted by Crippen LogP contribution is -2.15. The third-order valence-corrected chi connectivity index (χ3v) is 12.3. The summed E-state index contributed by atoms with van der Waals surface area (Å²) in [6.45, 7) is 4.70. The Kier molecular flexibility index (Phi) is 6.91. The molecule has 7 aromatic carbocycles. The second-order valence-electron chi connectivity index (χ2n) is 14.5. The van der Waals surface area contributed by atoms with E-state index in [-0.39, 0.29) is 5.41 Å². The van der Waals surface area contributed by atoms with Crippen molar-refractivity contribution >= 4 is 60.2 Å². The SMILES string of the molecule is CC1(C)c2ccccc2-c2cc(N(c3ccc(C4=Cc5ccc6sc7ccccc7c6c5CC4)cc3)c3cccc(-c4ccccc4)c3)ccc21. The van der Waals surface area contributed by atoms with Crippen molar-refractivity contribution in [2.45, 2.75) is 32.1 Å². The van der Waals surface area contributed by atoms with Crippen LogP contribution in [0.1, 0.15) is 48.1 Å². The number of hydrogen-bond acceptors (Lipinski definition) is 2. The van der Waals surface area contributed by atoms with Crippen molar-refractivity contribution in [2.75, 3.05) is 4.90 Å². The first-order chi connectivity index (χ1) is 25.0. The van der Waals surface area contributed by atoms with E-state index < -0.39 is 0 Å². The van der Waals surface area contributed by atoms with Crippen LogP contribution in [0, 0.1) is 0 Å². The third-order valence-electron chi connectivity index (χ3n) is 11.2. The van der Waals surface area contributed by atoms with Crippen LogP contribution in [0.3, 0.4) is 0 Å². The van der Waals surface area contributed by atoms with Gasteiger partial charge in [0.1, 0.15) is 0 Å². The number of rotatable bonds is 5. The number of aryl methyl sites for hydroxylation is 1. The predicted octanol–water partition coefficient (Wildman–Crippen LogP) is 14.0. The first-order valence-electron chi connectivity index (χ1n) is 18.0. The smallest absolute Gasteiger partial charge is 0.0468 e. The molecule has 244 valence electrons. The molecule has 2 aliphatic rings. The van der Waals surface area contributed by atoms with Crippen molar-refractivity contribution in [3.05, 3.63) is 186 Å². The van der Waals surface area contributed by atoms with E-state index >= 15 is 0 Å². The van der Waals surface area contributed by atoms with E-state index in [0.717, 1.165) is 29.9 Å². The van der Waals surface area contributed by atoms with Gasteiger partial charge in [0, 0.05) is 42.6 Å². The fourth-order valence-electron chi connectivity index (χ4n) is 8.63. The van der Waals surface area contributed by atoms with Crippen LogP contribution in [0.4, 0.5) is 17.1 Å². The minimum absolute atomic E-state index is 0.0290. The van der Waals surface area contributed by atoms with Crippen molar-refractivity contribution < 1.29 is 0 Å². The molecule has 0 saturated heterocycles. The van der Waals surface area contributed by atoms with Crippen LogP contribution >= 0.6 is 11.3 Å². The van der Waals surface area contributed by atoms with E-state index in [2.05, 4.69) is 183 Å². The van der Waals surface area contributed by atoms with E-state index in [4.69, 9.17) is 0 Å². The Balaban J connectivity index is 1.07. The highest BCUT2D eigenvalue weighted by Gasteiger charge is 2.35. The molecule has 0 fully saturated rings. The van der Waals surface area contributed by atoms with Gasteiger partial charge in [0.2, 0.25) is 0 Å². The Morgan fingerprint density at radius 2 is 1.24 bits per heavy atom. The highest BCUT2D eigenvalue weighted by Crippen LogP contribution is 2.51. The normalized spacial score (nSPS) is 14.2. The van der Waals surface area contributed by atoms with Crippen LogP contribution in [-0.4, -0.2) is 0 Å². The van der Waals surface area contributed by atoms with Crippen molar-refractivity contribution in [1.82, 2.24) is 0 Å². The summed E-state index contributed by atoms with van der Waals surface area (Å²) in [5.74, 6) is 0. The molecule has 0 atom stereocenters. The average Bonchev–Trinajstić information content (AvgIpc) is 3.68. The van der Waals surface area contributed by atoms with Crippen LogP contribution in [0.15, 0.2) is 158 Å². The van der Waals surface area contributed by atoms with Crippen molar-refractivity contribution in [1.29, 1.82) is 0 Å². The first-order valence-corrected chi connectivity index (χ1v) is 18.8. The molecular formula is C49H37NS. The number of anilines is 3. The van der Waals surface area contributed by atoms with Gasteiger partial charge in [0.15, 0.2) is 0 Å². The summed E-state index contributed by atoms with van der Waals surface area (Å²) in [6, 6.07) is 58.4. The monoisotopic (exact) mass is 671 g/mol. The maximum absolute atomic E-state index is 2.43. The van der Waals surface area contributed by atoms with Gasteiger partial charge >= 0.3 is 0 Å². The van der Waals surface area contributed by atoms with Gasteiger partial charge in [-0.25, -0.2) is 0 Å². The lowest BCUT2D eigenvalue weighted by molar-refractivity contribution is 0.660.